The third-order valence-corrected chi connectivity index (χ3v) is 2.43. The van der Waals surface area contributed by atoms with E-state index in [0.717, 1.165) is 0 Å². The highest BCUT2D eigenvalue weighted by Gasteiger charge is 2.08. The number of hydrogen-bond donors (Lipinski definition) is 2. The Morgan fingerprint density at radius 2 is 1.79 bits per heavy atom. The van der Waals surface area contributed by atoms with Crippen LogP contribution in [0, 0.1) is 0 Å². The second kappa shape index (κ2) is 5.72. The van der Waals surface area contributed by atoms with Gasteiger partial charge in [-0.3, -0.25) is 14.6 Å². The monoisotopic (exact) mass is 256 g/mol. The van der Waals surface area contributed by atoms with Crippen molar-refractivity contribution >= 4 is 17.5 Å². The summed E-state index contributed by atoms with van der Waals surface area (Å²) in [6.07, 6.45) is 4.33. The van der Waals surface area contributed by atoms with Crippen molar-refractivity contribution in [3.05, 3.63) is 54.1 Å². The van der Waals surface area contributed by atoms with Crippen molar-refractivity contribution in [2.75, 3.05) is 12.4 Å². The summed E-state index contributed by atoms with van der Waals surface area (Å²) < 4.78 is 0. The van der Waals surface area contributed by atoms with Crippen molar-refractivity contribution in [1.82, 2.24) is 15.3 Å². The number of hydrogen-bond acceptors (Lipinski definition) is 4. The average Bonchev–Trinajstić information content (AvgIpc) is 2.48. The lowest BCUT2D eigenvalue weighted by molar-refractivity contribution is 0.0962. The molecule has 0 atom stereocenters. The molecule has 0 saturated heterocycles. The fraction of sp³-hybridized carbons (Fsp3) is 0.0769. The van der Waals surface area contributed by atoms with Crippen LogP contribution in [0.2, 0.25) is 0 Å². The van der Waals surface area contributed by atoms with Crippen LogP contribution in [-0.2, 0) is 0 Å². The lowest BCUT2D eigenvalue weighted by atomic mass is 10.2. The van der Waals surface area contributed by atoms with Gasteiger partial charge in [-0.15, -0.1) is 0 Å². The van der Waals surface area contributed by atoms with Crippen molar-refractivity contribution in [2.45, 2.75) is 0 Å². The summed E-state index contributed by atoms with van der Waals surface area (Å²) >= 11 is 0. The van der Waals surface area contributed by atoms with E-state index in [-0.39, 0.29) is 17.5 Å². The standard InChI is InChI=1S/C13H12N4O2/c1-14-12(18)9-2-4-10(5-3-9)17-13(19)11-8-15-6-7-16-11/h2-8H,1H3,(H,14,18)(H,17,19). The number of carbonyl (C=O) groups excluding carboxylic acids is 2. The third kappa shape index (κ3) is 3.12. The van der Waals surface area contributed by atoms with Gasteiger partial charge >= 0.3 is 0 Å². The quantitative estimate of drug-likeness (QED) is 0.861. The number of benzene rings is 1. The zero-order chi connectivity index (χ0) is 13.7. The molecule has 0 fully saturated rings. The molecule has 6 heteroatoms. The SMILES string of the molecule is CNC(=O)c1ccc(NC(=O)c2cnccn2)cc1. The number of carbonyl (C=O) groups is 2. The molecule has 1 aromatic heterocycles. The second-order valence-electron chi connectivity index (χ2n) is 3.70. The van der Waals surface area contributed by atoms with E-state index in [1.807, 2.05) is 0 Å². The van der Waals surface area contributed by atoms with Crippen LogP contribution >= 0.6 is 0 Å². The first-order valence-electron chi connectivity index (χ1n) is 5.60. The predicted octanol–water partition coefficient (Wildman–Crippen LogP) is 1.09. The van der Waals surface area contributed by atoms with Gasteiger partial charge in [0.2, 0.25) is 0 Å². The molecule has 0 aliphatic rings. The number of amides is 2. The van der Waals surface area contributed by atoms with Gasteiger partial charge in [0.05, 0.1) is 6.20 Å². The number of nitrogens with zero attached hydrogens (tertiary/aromatic N) is 2. The molecule has 1 aromatic carbocycles. The maximum atomic E-state index is 11.8. The lowest BCUT2D eigenvalue weighted by Gasteiger charge is -2.05. The van der Waals surface area contributed by atoms with Gasteiger partial charge < -0.3 is 10.6 Å². The van der Waals surface area contributed by atoms with E-state index in [1.54, 1.807) is 31.3 Å². The number of rotatable bonds is 3. The molecule has 96 valence electrons. The van der Waals surface area contributed by atoms with E-state index in [1.165, 1.54) is 18.6 Å². The van der Waals surface area contributed by atoms with Crippen LogP contribution in [0.15, 0.2) is 42.9 Å². The van der Waals surface area contributed by atoms with Crippen molar-refractivity contribution in [3.8, 4) is 0 Å². The van der Waals surface area contributed by atoms with E-state index < -0.39 is 0 Å². The summed E-state index contributed by atoms with van der Waals surface area (Å²) in [6, 6.07) is 6.56. The van der Waals surface area contributed by atoms with Gasteiger partial charge in [-0.05, 0) is 24.3 Å². The molecule has 1 heterocycles. The van der Waals surface area contributed by atoms with Crippen molar-refractivity contribution in [2.24, 2.45) is 0 Å². The van der Waals surface area contributed by atoms with Crippen LogP contribution in [-0.4, -0.2) is 28.8 Å². The summed E-state index contributed by atoms with van der Waals surface area (Å²) in [6.45, 7) is 0. The normalized spacial score (nSPS) is 9.74. The predicted molar refractivity (Wildman–Crippen MR) is 69.8 cm³/mol. The highest BCUT2D eigenvalue weighted by atomic mass is 16.2. The molecule has 0 unspecified atom stereocenters. The molecule has 2 N–H and O–H groups in total. The molecular formula is C13H12N4O2. The minimum atomic E-state index is -0.346. The Morgan fingerprint density at radius 3 is 2.37 bits per heavy atom. The van der Waals surface area contributed by atoms with Crippen LogP contribution in [0.4, 0.5) is 5.69 Å². The fourth-order valence-corrected chi connectivity index (χ4v) is 1.46. The molecule has 2 rings (SSSR count). The molecule has 19 heavy (non-hydrogen) atoms. The van der Waals surface area contributed by atoms with Crippen LogP contribution in [0.3, 0.4) is 0 Å². The molecule has 0 spiro atoms. The third-order valence-electron chi connectivity index (χ3n) is 2.43. The van der Waals surface area contributed by atoms with Crippen LogP contribution < -0.4 is 10.6 Å². The first-order valence-corrected chi connectivity index (χ1v) is 5.60. The molecule has 2 amide bonds. The van der Waals surface area contributed by atoms with E-state index in [2.05, 4.69) is 20.6 Å². The fourth-order valence-electron chi connectivity index (χ4n) is 1.46. The van der Waals surface area contributed by atoms with Gasteiger partial charge in [-0.1, -0.05) is 0 Å². The maximum Gasteiger partial charge on any atom is 0.275 e. The largest absolute Gasteiger partial charge is 0.355 e. The smallest absolute Gasteiger partial charge is 0.275 e. The highest BCUT2D eigenvalue weighted by molar-refractivity contribution is 6.03. The second-order valence-corrected chi connectivity index (χ2v) is 3.70. The van der Waals surface area contributed by atoms with E-state index in [0.29, 0.717) is 11.3 Å². The summed E-state index contributed by atoms with van der Waals surface area (Å²) in [4.78, 5) is 30.9. The van der Waals surface area contributed by atoms with Crippen LogP contribution in [0.1, 0.15) is 20.8 Å². The number of aromatic nitrogens is 2. The highest BCUT2D eigenvalue weighted by Crippen LogP contribution is 2.10. The number of nitrogens with one attached hydrogen (secondary N) is 2. The van der Waals surface area contributed by atoms with Gasteiger partial charge in [0.1, 0.15) is 5.69 Å². The first kappa shape index (κ1) is 12.7. The summed E-state index contributed by atoms with van der Waals surface area (Å²) in [5.74, 6) is -0.521. The molecule has 0 radical (unpaired) electrons. The Bertz CT molecular complexity index is 581. The minimum Gasteiger partial charge on any atom is -0.355 e. The summed E-state index contributed by atoms with van der Waals surface area (Å²) in [5, 5.41) is 5.19. The Balaban J connectivity index is 2.08. The first-order chi connectivity index (χ1) is 9.20. The van der Waals surface area contributed by atoms with Gasteiger partial charge in [0, 0.05) is 30.7 Å². The van der Waals surface area contributed by atoms with Crippen molar-refractivity contribution in [3.63, 3.8) is 0 Å². The molecule has 6 nitrogen and oxygen atoms in total. The Labute approximate surface area is 109 Å². The Morgan fingerprint density at radius 1 is 1.05 bits per heavy atom. The summed E-state index contributed by atoms with van der Waals surface area (Å²) in [5.41, 5.74) is 1.35. The average molecular weight is 256 g/mol. The molecule has 0 aliphatic heterocycles. The summed E-state index contributed by atoms with van der Waals surface area (Å²) in [7, 11) is 1.56. The molecule has 2 aromatic rings. The lowest BCUT2D eigenvalue weighted by Crippen LogP contribution is -2.18. The zero-order valence-corrected chi connectivity index (χ0v) is 10.3. The van der Waals surface area contributed by atoms with E-state index in [4.69, 9.17) is 0 Å². The van der Waals surface area contributed by atoms with Gasteiger partial charge in [-0.25, -0.2) is 4.98 Å². The van der Waals surface area contributed by atoms with Crippen LogP contribution in [0.5, 0.6) is 0 Å². The number of anilines is 1. The van der Waals surface area contributed by atoms with Crippen LogP contribution in [0.25, 0.3) is 0 Å². The van der Waals surface area contributed by atoms with Gasteiger partial charge in [0.25, 0.3) is 11.8 Å². The van der Waals surface area contributed by atoms with Gasteiger partial charge in [-0.2, -0.15) is 0 Å². The van der Waals surface area contributed by atoms with Crippen molar-refractivity contribution in [1.29, 1.82) is 0 Å². The molecule has 0 bridgehead atoms. The molecule has 0 aliphatic carbocycles. The Kier molecular flexibility index (Phi) is 3.82. The van der Waals surface area contributed by atoms with E-state index >= 15 is 0 Å². The zero-order valence-electron chi connectivity index (χ0n) is 10.3. The topological polar surface area (TPSA) is 84.0 Å². The van der Waals surface area contributed by atoms with Crippen molar-refractivity contribution < 1.29 is 9.59 Å². The Hall–Kier alpha value is -2.76. The molecular weight excluding hydrogens is 244 g/mol. The van der Waals surface area contributed by atoms with Gasteiger partial charge in [0.15, 0.2) is 0 Å². The van der Waals surface area contributed by atoms with E-state index in [9.17, 15) is 9.59 Å². The minimum absolute atomic E-state index is 0.174. The molecule has 0 saturated carbocycles. The maximum absolute atomic E-state index is 11.8.